The van der Waals surface area contributed by atoms with Crippen LogP contribution in [0.1, 0.15) is 43.2 Å². The monoisotopic (exact) mass is 256 g/mol. The summed E-state index contributed by atoms with van der Waals surface area (Å²) in [6, 6.07) is 6.63. The van der Waals surface area contributed by atoms with E-state index in [1.165, 1.54) is 23.2 Å². The molecule has 0 N–H and O–H groups in total. The lowest BCUT2D eigenvalue weighted by molar-refractivity contribution is 0.455. The molecule has 1 saturated carbocycles. The fourth-order valence-corrected chi connectivity index (χ4v) is 3.59. The lowest BCUT2D eigenvalue weighted by atomic mass is 9.86. The zero-order valence-electron chi connectivity index (χ0n) is 11.5. The predicted molar refractivity (Wildman–Crippen MR) is 76.3 cm³/mol. The first kappa shape index (κ1) is 12.4. The molecule has 3 heteroatoms. The van der Waals surface area contributed by atoms with Crippen LogP contribution in [-0.4, -0.2) is 19.7 Å². The zero-order chi connectivity index (χ0) is 13.3. The molecule has 0 unspecified atom stereocenters. The van der Waals surface area contributed by atoms with Gasteiger partial charge in [0.05, 0.1) is 5.54 Å². The molecule has 3 rings (SSSR count). The second kappa shape index (κ2) is 4.82. The van der Waals surface area contributed by atoms with E-state index in [0.717, 1.165) is 38.6 Å². The van der Waals surface area contributed by atoms with Crippen molar-refractivity contribution in [2.45, 2.75) is 44.1 Å². The van der Waals surface area contributed by atoms with Gasteiger partial charge in [-0.3, -0.25) is 0 Å². The average Bonchev–Trinajstić information content (AvgIpc) is 2.89. The lowest BCUT2D eigenvalue weighted by Gasteiger charge is -2.30. The number of fused-ring (bicyclic) bond motifs is 1. The van der Waals surface area contributed by atoms with Gasteiger partial charge in [-0.25, -0.2) is 4.79 Å². The molecular weight excluding hydrogens is 236 g/mol. The van der Waals surface area contributed by atoms with Crippen LogP contribution in [0.15, 0.2) is 23.2 Å². The Morgan fingerprint density at radius 1 is 1.26 bits per heavy atom. The van der Waals surface area contributed by atoms with Crippen LogP contribution in [0, 0.1) is 0 Å². The standard InChI is InChI=1S/C16H20N2O/c1-18-10-4-5-13-11-14(6-7-15(13)18)16(17-12-19)8-2-3-9-16/h6-7,11H,2-5,8-10H2,1H3. The molecule has 1 aliphatic carbocycles. The van der Waals surface area contributed by atoms with Gasteiger partial charge >= 0.3 is 0 Å². The van der Waals surface area contributed by atoms with E-state index in [9.17, 15) is 4.79 Å². The third-order valence-electron chi connectivity index (χ3n) is 4.66. The molecule has 2 aliphatic rings. The summed E-state index contributed by atoms with van der Waals surface area (Å²) < 4.78 is 0. The quantitative estimate of drug-likeness (QED) is 0.601. The molecule has 3 nitrogen and oxygen atoms in total. The van der Waals surface area contributed by atoms with Crippen LogP contribution in [0.5, 0.6) is 0 Å². The normalized spacial score (nSPS) is 20.8. The van der Waals surface area contributed by atoms with Crippen molar-refractivity contribution in [3.8, 4) is 0 Å². The van der Waals surface area contributed by atoms with Crippen molar-refractivity contribution in [1.29, 1.82) is 0 Å². The zero-order valence-corrected chi connectivity index (χ0v) is 11.5. The smallest absolute Gasteiger partial charge is 0.235 e. The van der Waals surface area contributed by atoms with E-state index in [1.54, 1.807) is 6.08 Å². The molecule has 0 atom stereocenters. The van der Waals surface area contributed by atoms with E-state index >= 15 is 0 Å². The Labute approximate surface area is 114 Å². The molecule has 100 valence electrons. The molecule has 0 amide bonds. The molecule has 1 aliphatic heterocycles. The number of nitrogens with zero attached hydrogens (tertiary/aromatic N) is 2. The van der Waals surface area contributed by atoms with Crippen LogP contribution in [-0.2, 0) is 16.8 Å². The van der Waals surface area contributed by atoms with Crippen LogP contribution in [0.3, 0.4) is 0 Å². The van der Waals surface area contributed by atoms with Crippen molar-refractivity contribution in [1.82, 2.24) is 0 Å². The Balaban J connectivity index is 2.03. The summed E-state index contributed by atoms with van der Waals surface area (Å²) in [6.07, 6.45) is 8.42. The van der Waals surface area contributed by atoms with Crippen molar-refractivity contribution < 1.29 is 4.79 Å². The Morgan fingerprint density at radius 2 is 2.05 bits per heavy atom. The van der Waals surface area contributed by atoms with Crippen LogP contribution >= 0.6 is 0 Å². The minimum atomic E-state index is -0.285. The average molecular weight is 256 g/mol. The molecule has 0 spiro atoms. The minimum Gasteiger partial charge on any atom is -0.374 e. The fourth-order valence-electron chi connectivity index (χ4n) is 3.59. The molecule has 1 fully saturated rings. The highest BCUT2D eigenvalue weighted by Gasteiger charge is 2.36. The number of benzene rings is 1. The van der Waals surface area contributed by atoms with E-state index < -0.39 is 0 Å². The summed E-state index contributed by atoms with van der Waals surface area (Å²) in [5.74, 6) is 0. The number of carbonyl (C=O) groups excluding carboxylic acids is 1. The van der Waals surface area contributed by atoms with Gasteiger partial charge in [0.2, 0.25) is 6.08 Å². The molecule has 0 saturated heterocycles. The van der Waals surface area contributed by atoms with Crippen LogP contribution in [0.25, 0.3) is 0 Å². The lowest BCUT2D eigenvalue weighted by Crippen LogP contribution is -2.26. The molecular formula is C16H20N2O. The SMILES string of the molecule is CN1CCCc2cc(C3(N=C=O)CCCC3)ccc21. The maximum Gasteiger partial charge on any atom is 0.235 e. The summed E-state index contributed by atoms with van der Waals surface area (Å²) in [6.45, 7) is 1.13. The second-order valence-corrected chi connectivity index (χ2v) is 5.81. The Morgan fingerprint density at radius 3 is 2.79 bits per heavy atom. The van der Waals surface area contributed by atoms with E-state index in [1.807, 2.05) is 0 Å². The summed E-state index contributed by atoms with van der Waals surface area (Å²) in [5, 5.41) is 0. The number of aryl methyl sites for hydroxylation is 1. The number of anilines is 1. The summed E-state index contributed by atoms with van der Waals surface area (Å²) in [7, 11) is 2.15. The van der Waals surface area contributed by atoms with Crippen molar-refractivity contribution >= 4 is 11.8 Å². The van der Waals surface area contributed by atoms with Gasteiger partial charge in [-0.1, -0.05) is 25.0 Å². The van der Waals surface area contributed by atoms with Gasteiger partial charge in [0.15, 0.2) is 0 Å². The molecule has 19 heavy (non-hydrogen) atoms. The third kappa shape index (κ3) is 2.08. The maximum atomic E-state index is 10.8. The van der Waals surface area contributed by atoms with Crippen molar-refractivity contribution in [2.75, 3.05) is 18.5 Å². The predicted octanol–water partition coefficient (Wildman–Crippen LogP) is 3.17. The van der Waals surface area contributed by atoms with Crippen molar-refractivity contribution in [3.05, 3.63) is 29.3 Å². The van der Waals surface area contributed by atoms with E-state index in [-0.39, 0.29) is 5.54 Å². The number of isocyanates is 1. The fraction of sp³-hybridized carbons (Fsp3) is 0.562. The number of hydrogen-bond acceptors (Lipinski definition) is 3. The van der Waals surface area contributed by atoms with Crippen molar-refractivity contribution in [2.24, 2.45) is 4.99 Å². The molecule has 1 aromatic rings. The van der Waals surface area contributed by atoms with E-state index in [4.69, 9.17) is 0 Å². The van der Waals surface area contributed by atoms with Crippen LogP contribution < -0.4 is 4.90 Å². The summed E-state index contributed by atoms with van der Waals surface area (Å²) >= 11 is 0. The van der Waals surface area contributed by atoms with Gasteiger partial charge in [0.25, 0.3) is 0 Å². The molecule has 1 heterocycles. The first-order valence-electron chi connectivity index (χ1n) is 7.19. The highest BCUT2D eigenvalue weighted by atomic mass is 16.1. The number of hydrogen-bond donors (Lipinski definition) is 0. The first-order chi connectivity index (χ1) is 9.25. The Hall–Kier alpha value is -1.60. The second-order valence-electron chi connectivity index (χ2n) is 5.81. The summed E-state index contributed by atoms with van der Waals surface area (Å²) in [5.41, 5.74) is 3.66. The van der Waals surface area contributed by atoms with Gasteiger partial charge in [-0.05, 0) is 42.9 Å². The maximum absolute atomic E-state index is 10.8. The largest absolute Gasteiger partial charge is 0.374 e. The number of rotatable bonds is 2. The number of aliphatic imine (C=N–C) groups is 1. The van der Waals surface area contributed by atoms with Gasteiger partial charge in [0.1, 0.15) is 0 Å². The van der Waals surface area contributed by atoms with Crippen LogP contribution in [0.2, 0.25) is 0 Å². The van der Waals surface area contributed by atoms with Gasteiger partial charge in [-0.15, -0.1) is 0 Å². The highest BCUT2D eigenvalue weighted by molar-refractivity contribution is 5.57. The molecule has 0 radical (unpaired) electrons. The van der Waals surface area contributed by atoms with E-state index in [0.29, 0.717) is 0 Å². The minimum absolute atomic E-state index is 0.285. The van der Waals surface area contributed by atoms with Gasteiger partial charge < -0.3 is 4.90 Å². The van der Waals surface area contributed by atoms with Gasteiger partial charge in [0, 0.05) is 19.3 Å². The Kier molecular flexibility index (Phi) is 3.16. The topological polar surface area (TPSA) is 32.7 Å². The molecule has 0 bridgehead atoms. The highest BCUT2D eigenvalue weighted by Crippen LogP contribution is 2.43. The molecule has 0 aromatic heterocycles. The van der Waals surface area contributed by atoms with Crippen molar-refractivity contribution in [3.63, 3.8) is 0 Å². The first-order valence-corrected chi connectivity index (χ1v) is 7.19. The van der Waals surface area contributed by atoms with Crippen LogP contribution in [0.4, 0.5) is 5.69 Å². The van der Waals surface area contributed by atoms with Gasteiger partial charge in [-0.2, -0.15) is 4.99 Å². The Bertz CT molecular complexity index is 526. The van der Waals surface area contributed by atoms with E-state index in [2.05, 4.69) is 35.1 Å². The third-order valence-corrected chi connectivity index (χ3v) is 4.66. The summed E-state index contributed by atoms with van der Waals surface area (Å²) in [4.78, 5) is 17.3. The molecule has 1 aromatic carbocycles.